The van der Waals surface area contributed by atoms with Crippen LogP contribution in [0, 0.1) is 0 Å². The second-order valence-electron chi connectivity index (χ2n) is 5.74. The third-order valence-electron chi connectivity index (χ3n) is 3.76. The molecule has 2 aromatic carbocycles. The highest BCUT2D eigenvalue weighted by Gasteiger charge is 2.34. The molecule has 0 saturated carbocycles. The lowest BCUT2D eigenvalue weighted by Crippen LogP contribution is -2.27. The van der Waals surface area contributed by atoms with Crippen LogP contribution in [-0.2, 0) is 11.3 Å². The van der Waals surface area contributed by atoms with E-state index in [1.165, 1.54) is 4.90 Å². The standard InChI is InChI=1S/C19H18N2O2S/c1-20(2)16-10-8-14(9-11-16)12-17-18(22)21(19(23)24-17)13-15-6-4-3-5-7-15/h3-12H,13H2,1-2H3/b17-12+. The third-order valence-corrected chi connectivity index (χ3v) is 4.67. The molecule has 2 aromatic rings. The number of carbonyl (C=O) groups is 2. The number of nitrogens with zero attached hydrogens (tertiary/aromatic N) is 2. The summed E-state index contributed by atoms with van der Waals surface area (Å²) in [6.07, 6.45) is 1.77. The molecular weight excluding hydrogens is 320 g/mol. The quantitative estimate of drug-likeness (QED) is 0.791. The normalized spacial score (nSPS) is 16.1. The summed E-state index contributed by atoms with van der Waals surface area (Å²) in [5.74, 6) is -0.231. The highest BCUT2D eigenvalue weighted by atomic mass is 32.2. The van der Waals surface area contributed by atoms with Gasteiger partial charge in [0, 0.05) is 19.8 Å². The van der Waals surface area contributed by atoms with E-state index in [1.54, 1.807) is 6.08 Å². The number of amides is 2. The summed E-state index contributed by atoms with van der Waals surface area (Å²) >= 11 is 0.994. The van der Waals surface area contributed by atoms with Gasteiger partial charge in [-0.3, -0.25) is 14.5 Å². The van der Waals surface area contributed by atoms with E-state index in [2.05, 4.69) is 0 Å². The van der Waals surface area contributed by atoms with Gasteiger partial charge in [-0.05, 0) is 41.1 Å². The number of anilines is 1. The molecule has 1 aliphatic rings. The Bertz CT molecular complexity index is 783. The van der Waals surface area contributed by atoms with Crippen molar-refractivity contribution in [2.24, 2.45) is 0 Å². The fraction of sp³-hybridized carbons (Fsp3) is 0.158. The Morgan fingerprint density at radius 3 is 2.29 bits per heavy atom. The number of thioether (sulfide) groups is 1. The van der Waals surface area contributed by atoms with Gasteiger partial charge in [-0.1, -0.05) is 42.5 Å². The van der Waals surface area contributed by atoms with Crippen LogP contribution in [0.5, 0.6) is 0 Å². The molecule has 0 spiro atoms. The number of imide groups is 1. The second kappa shape index (κ2) is 6.93. The Hall–Kier alpha value is -2.53. The van der Waals surface area contributed by atoms with E-state index >= 15 is 0 Å². The molecule has 0 unspecified atom stereocenters. The Morgan fingerprint density at radius 2 is 1.67 bits per heavy atom. The van der Waals surface area contributed by atoms with Gasteiger partial charge < -0.3 is 4.90 Å². The summed E-state index contributed by atoms with van der Waals surface area (Å²) in [6.45, 7) is 0.308. The highest BCUT2D eigenvalue weighted by Crippen LogP contribution is 2.33. The Balaban J connectivity index is 1.78. The van der Waals surface area contributed by atoms with Gasteiger partial charge in [-0.15, -0.1) is 0 Å². The van der Waals surface area contributed by atoms with Crippen molar-refractivity contribution in [3.05, 3.63) is 70.6 Å². The van der Waals surface area contributed by atoms with E-state index < -0.39 is 0 Å². The van der Waals surface area contributed by atoms with Gasteiger partial charge in [0.2, 0.25) is 0 Å². The number of rotatable bonds is 4. The summed E-state index contributed by atoms with van der Waals surface area (Å²) in [7, 11) is 3.95. The van der Waals surface area contributed by atoms with Crippen LogP contribution < -0.4 is 4.90 Å². The van der Waals surface area contributed by atoms with Gasteiger partial charge in [-0.2, -0.15) is 0 Å². The SMILES string of the molecule is CN(C)c1ccc(/C=C2/SC(=O)N(Cc3ccccc3)C2=O)cc1. The molecule has 0 aromatic heterocycles. The van der Waals surface area contributed by atoms with Gasteiger partial charge in [0.1, 0.15) is 0 Å². The van der Waals surface area contributed by atoms with Crippen LogP contribution in [0.3, 0.4) is 0 Å². The third kappa shape index (κ3) is 3.51. The van der Waals surface area contributed by atoms with E-state index in [0.717, 1.165) is 28.6 Å². The molecular formula is C19H18N2O2S. The lowest BCUT2D eigenvalue weighted by atomic mass is 10.1. The number of hydrogen-bond donors (Lipinski definition) is 0. The summed E-state index contributed by atoms with van der Waals surface area (Å²) in [4.78, 5) is 28.4. The fourth-order valence-electron chi connectivity index (χ4n) is 2.42. The largest absolute Gasteiger partial charge is 0.378 e. The molecule has 0 radical (unpaired) electrons. The van der Waals surface area contributed by atoms with E-state index in [0.29, 0.717) is 11.4 Å². The van der Waals surface area contributed by atoms with E-state index in [1.807, 2.05) is 73.6 Å². The summed E-state index contributed by atoms with van der Waals surface area (Å²) in [5.41, 5.74) is 2.94. The van der Waals surface area contributed by atoms with Gasteiger partial charge >= 0.3 is 0 Å². The minimum atomic E-state index is -0.231. The lowest BCUT2D eigenvalue weighted by Gasteiger charge is -2.12. The first-order valence-electron chi connectivity index (χ1n) is 7.61. The number of hydrogen-bond acceptors (Lipinski definition) is 4. The molecule has 122 valence electrons. The molecule has 0 aliphatic carbocycles. The molecule has 1 heterocycles. The van der Waals surface area contributed by atoms with Crippen molar-refractivity contribution in [1.82, 2.24) is 4.90 Å². The van der Waals surface area contributed by atoms with Crippen LogP contribution >= 0.6 is 11.8 Å². The first-order valence-corrected chi connectivity index (χ1v) is 8.43. The Kier molecular flexibility index (Phi) is 4.71. The maximum atomic E-state index is 12.5. The smallest absolute Gasteiger partial charge is 0.293 e. The molecule has 1 saturated heterocycles. The number of carbonyl (C=O) groups excluding carboxylic acids is 2. The van der Waals surface area contributed by atoms with Crippen LogP contribution in [0.4, 0.5) is 10.5 Å². The molecule has 1 fully saturated rings. The minimum Gasteiger partial charge on any atom is -0.378 e. The molecule has 4 nitrogen and oxygen atoms in total. The van der Waals surface area contributed by atoms with Crippen molar-refractivity contribution in [3.8, 4) is 0 Å². The molecule has 1 aliphatic heterocycles. The molecule has 2 amide bonds. The first-order chi connectivity index (χ1) is 11.5. The van der Waals surface area contributed by atoms with Gasteiger partial charge in [-0.25, -0.2) is 0 Å². The van der Waals surface area contributed by atoms with Crippen LogP contribution in [0.2, 0.25) is 0 Å². The van der Waals surface area contributed by atoms with Crippen molar-refractivity contribution in [3.63, 3.8) is 0 Å². The molecule has 3 rings (SSSR count). The van der Waals surface area contributed by atoms with Gasteiger partial charge in [0.05, 0.1) is 11.4 Å². The lowest BCUT2D eigenvalue weighted by molar-refractivity contribution is -0.123. The van der Waals surface area contributed by atoms with Crippen LogP contribution in [0.25, 0.3) is 6.08 Å². The molecule has 0 bridgehead atoms. The summed E-state index contributed by atoms with van der Waals surface area (Å²) < 4.78 is 0. The van der Waals surface area contributed by atoms with Crippen molar-refractivity contribution in [2.45, 2.75) is 6.54 Å². The maximum absolute atomic E-state index is 12.5. The zero-order chi connectivity index (χ0) is 17.1. The van der Waals surface area contributed by atoms with Crippen molar-refractivity contribution < 1.29 is 9.59 Å². The van der Waals surface area contributed by atoms with Gasteiger partial charge in [0.15, 0.2) is 0 Å². The predicted octanol–water partition coefficient (Wildman–Crippen LogP) is 3.99. The summed E-state index contributed by atoms with van der Waals surface area (Å²) in [5, 5.41) is -0.222. The second-order valence-corrected chi connectivity index (χ2v) is 6.73. The maximum Gasteiger partial charge on any atom is 0.293 e. The van der Waals surface area contributed by atoms with Crippen LogP contribution in [-0.4, -0.2) is 30.1 Å². The Morgan fingerprint density at radius 1 is 1.00 bits per heavy atom. The monoisotopic (exact) mass is 338 g/mol. The fourth-order valence-corrected chi connectivity index (χ4v) is 3.26. The van der Waals surface area contributed by atoms with Crippen LogP contribution in [0.1, 0.15) is 11.1 Å². The van der Waals surface area contributed by atoms with E-state index in [-0.39, 0.29) is 11.1 Å². The zero-order valence-corrected chi connectivity index (χ0v) is 14.4. The van der Waals surface area contributed by atoms with Crippen molar-refractivity contribution in [1.29, 1.82) is 0 Å². The average Bonchev–Trinajstić information content (AvgIpc) is 2.84. The first kappa shape index (κ1) is 16.3. The number of benzene rings is 2. The predicted molar refractivity (Wildman–Crippen MR) is 98.7 cm³/mol. The van der Waals surface area contributed by atoms with Crippen molar-refractivity contribution >= 4 is 34.7 Å². The molecule has 5 heteroatoms. The van der Waals surface area contributed by atoms with Crippen LogP contribution in [0.15, 0.2) is 59.5 Å². The minimum absolute atomic E-state index is 0.222. The summed E-state index contributed by atoms with van der Waals surface area (Å²) in [6, 6.07) is 17.4. The van der Waals surface area contributed by atoms with Crippen molar-refractivity contribution in [2.75, 3.05) is 19.0 Å². The highest BCUT2D eigenvalue weighted by molar-refractivity contribution is 8.18. The van der Waals surface area contributed by atoms with E-state index in [4.69, 9.17) is 0 Å². The van der Waals surface area contributed by atoms with E-state index in [9.17, 15) is 9.59 Å². The van der Waals surface area contributed by atoms with Gasteiger partial charge in [0.25, 0.3) is 11.1 Å². The Labute approximate surface area is 145 Å². The topological polar surface area (TPSA) is 40.6 Å². The molecule has 0 N–H and O–H groups in total. The zero-order valence-electron chi connectivity index (χ0n) is 13.6. The molecule has 0 atom stereocenters. The molecule has 24 heavy (non-hydrogen) atoms. The average molecular weight is 338 g/mol.